The average Bonchev–Trinajstić information content (AvgIpc) is 2.48. The summed E-state index contributed by atoms with van der Waals surface area (Å²) >= 11 is 11.7. The van der Waals surface area contributed by atoms with Crippen LogP contribution in [0.2, 0.25) is 10.0 Å². The Morgan fingerprint density at radius 3 is 2.35 bits per heavy atom. The van der Waals surface area contributed by atoms with Gasteiger partial charge in [-0.2, -0.15) is 0 Å². The number of carbonyl (C=O) groups is 1. The minimum Gasteiger partial charge on any atom is -0.482 e. The molecule has 2 aromatic carbocycles. The van der Waals surface area contributed by atoms with Crippen molar-refractivity contribution in [3.8, 4) is 5.75 Å². The lowest BCUT2D eigenvalue weighted by molar-refractivity contribution is -0.119. The van der Waals surface area contributed by atoms with Crippen LogP contribution in [-0.4, -0.2) is 20.9 Å². The number of primary amides is 1. The number of amides is 1. The maximum Gasteiger partial charge on any atom is 0.261 e. The van der Waals surface area contributed by atoms with E-state index in [1.807, 2.05) is 0 Å². The van der Waals surface area contributed by atoms with Crippen LogP contribution in [0, 0.1) is 0 Å². The van der Waals surface area contributed by atoms with E-state index in [1.54, 1.807) is 12.1 Å². The molecular formula is C14H12Cl2N2O4S. The highest BCUT2D eigenvalue weighted by atomic mass is 35.5. The molecule has 0 bridgehead atoms. The maximum atomic E-state index is 12.3. The first-order valence-electron chi connectivity index (χ1n) is 6.27. The van der Waals surface area contributed by atoms with Gasteiger partial charge in [0, 0.05) is 10.7 Å². The van der Waals surface area contributed by atoms with E-state index in [1.165, 1.54) is 30.3 Å². The molecule has 0 heterocycles. The number of rotatable bonds is 6. The van der Waals surface area contributed by atoms with Crippen molar-refractivity contribution < 1.29 is 17.9 Å². The molecule has 0 saturated heterocycles. The number of ether oxygens (including phenoxy) is 1. The molecular weight excluding hydrogens is 363 g/mol. The van der Waals surface area contributed by atoms with Crippen molar-refractivity contribution in [3.63, 3.8) is 0 Å². The Kier molecular flexibility index (Phi) is 5.35. The third-order valence-electron chi connectivity index (χ3n) is 2.68. The number of sulfonamides is 1. The molecule has 23 heavy (non-hydrogen) atoms. The Morgan fingerprint density at radius 2 is 1.78 bits per heavy atom. The lowest BCUT2D eigenvalue weighted by Gasteiger charge is -2.10. The molecule has 0 radical (unpaired) electrons. The van der Waals surface area contributed by atoms with Crippen LogP contribution in [0.3, 0.4) is 0 Å². The van der Waals surface area contributed by atoms with Gasteiger partial charge in [-0.25, -0.2) is 8.42 Å². The molecule has 0 aromatic heterocycles. The molecule has 6 nitrogen and oxygen atoms in total. The van der Waals surface area contributed by atoms with Gasteiger partial charge in [0.1, 0.15) is 5.75 Å². The third kappa shape index (κ3) is 4.75. The van der Waals surface area contributed by atoms with Crippen molar-refractivity contribution >= 4 is 44.8 Å². The molecule has 122 valence electrons. The number of carbonyl (C=O) groups excluding carboxylic acids is 1. The molecule has 0 unspecified atom stereocenters. The molecule has 2 rings (SSSR count). The highest BCUT2D eigenvalue weighted by Crippen LogP contribution is 2.28. The average molecular weight is 375 g/mol. The predicted octanol–water partition coefficient (Wildman–Crippen LogP) is 2.66. The molecule has 3 N–H and O–H groups in total. The lowest BCUT2D eigenvalue weighted by atomic mass is 10.3. The van der Waals surface area contributed by atoms with E-state index in [4.69, 9.17) is 33.7 Å². The summed E-state index contributed by atoms with van der Waals surface area (Å²) in [5.74, 6) is -0.502. The van der Waals surface area contributed by atoms with Crippen LogP contribution < -0.4 is 15.2 Å². The smallest absolute Gasteiger partial charge is 0.261 e. The van der Waals surface area contributed by atoms with Gasteiger partial charge in [0.05, 0.1) is 9.92 Å². The fourth-order valence-electron chi connectivity index (χ4n) is 1.65. The first-order chi connectivity index (χ1) is 10.8. The SMILES string of the molecule is NC(=O)COc1ccc(S(=O)(=O)Nc2ccc(Cl)cc2)cc1Cl. The van der Waals surface area contributed by atoms with E-state index in [0.29, 0.717) is 10.7 Å². The van der Waals surface area contributed by atoms with Crippen molar-refractivity contribution in [1.29, 1.82) is 0 Å². The topological polar surface area (TPSA) is 98.5 Å². The Hall–Kier alpha value is -1.96. The molecule has 1 amide bonds. The zero-order valence-electron chi connectivity index (χ0n) is 11.6. The predicted molar refractivity (Wildman–Crippen MR) is 88.4 cm³/mol. The first-order valence-corrected chi connectivity index (χ1v) is 8.51. The van der Waals surface area contributed by atoms with E-state index in [0.717, 1.165) is 0 Å². The van der Waals surface area contributed by atoms with E-state index in [9.17, 15) is 13.2 Å². The Labute approximate surface area is 143 Å². The largest absolute Gasteiger partial charge is 0.482 e. The second kappa shape index (κ2) is 7.08. The first kappa shape index (κ1) is 17.4. The number of benzene rings is 2. The second-order valence-electron chi connectivity index (χ2n) is 4.46. The highest BCUT2D eigenvalue weighted by molar-refractivity contribution is 7.92. The summed E-state index contributed by atoms with van der Waals surface area (Å²) in [4.78, 5) is 10.6. The highest BCUT2D eigenvalue weighted by Gasteiger charge is 2.16. The summed E-state index contributed by atoms with van der Waals surface area (Å²) in [5, 5.41) is 0.539. The summed E-state index contributed by atoms with van der Waals surface area (Å²) in [6.07, 6.45) is 0. The van der Waals surface area contributed by atoms with Crippen molar-refractivity contribution in [2.24, 2.45) is 5.73 Å². The summed E-state index contributed by atoms with van der Waals surface area (Å²) in [5.41, 5.74) is 5.32. The Balaban J connectivity index is 2.21. The van der Waals surface area contributed by atoms with Gasteiger partial charge in [-0.15, -0.1) is 0 Å². The summed E-state index contributed by atoms with van der Waals surface area (Å²) < 4.78 is 32.1. The molecule has 0 spiro atoms. The molecule has 0 aliphatic rings. The second-order valence-corrected chi connectivity index (χ2v) is 6.99. The minimum atomic E-state index is -3.82. The van der Waals surface area contributed by atoms with Gasteiger partial charge in [-0.3, -0.25) is 9.52 Å². The molecule has 0 saturated carbocycles. The van der Waals surface area contributed by atoms with Gasteiger partial charge < -0.3 is 10.5 Å². The van der Waals surface area contributed by atoms with E-state index < -0.39 is 15.9 Å². The van der Waals surface area contributed by atoms with E-state index in [2.05, 4.69) is 4.72 Å². The van der Waals surface area contributed by atoms with Gasteiger partial charge in [0.2, 0.25) is 0 Å². The Morgan fingerprint density at radius 1 is 1.13 bits per heavy atom. The van der Waals surface area contributed by atoms with Gasteiger partial charge in [0.25, 0.3) is 15.9 Å². The van der Waals surface area contributed by atoms with Gasteiger partial charge in [-0.1, -0.05) is 23.2 Å². The summed E-state index contributed by atoms with van der Waals surface area (Å²) in [6.45, 7) is -0.352. The number of nitrogens with two attached hydrogens (primary N) is 1. The fraction of sp³-hybridized carbons (Fsp3) is 0.0714. The molecule has 0 aliphatic carbocycles. The van der Waals surface area contributed by atoms with Crippen LogP contribution in [0.15, 0.2) is 47.4 Å². The summed E-state index contributed by atoms with van der Waals surface area (Å²) in [6, 6.07) is 10.1. The van der Waals surface area contributed by atoms with Gasteiger partial charge in [-0.05, 0) is 42.5 Å². The summed E-state index contributed by atoms with van der Waals surface area (Å²) in [7, 11) is -3.82. The van der Waals surface area contributed by atoms with E-state index >= 15 is 0 Å². The van der Waals surface area contributed by atoms with Crippen molar-refractivity contribution in [2.45, 2.75) is 4.90 Å². The third-order valence-corrected chi connectivity index (χ3v) is 4.61. The molecule has 0 aliphatic heterocycles. The molecule has 9 heteroatoms. The van der Waals surface area contributed by atoms with Crippen molar-refractivity contribution in [1.82, 2.24) is 0 Å². The van der Waals surface area contributed by atoms with E-state index in [-0.39, 0.29) is 22.3 Å². The van der Waals surface area contributed by atoms with Crippen LogP contribution in [0.25, 0.3) is 0 Å². The zero-order valence-corrected chi connectivity index (χ0v) is 14.0. The number of hydrogen-bond acceptors (Lipinski definition) is 4. The fourth-order valence-corrected chi connectivity index (χ4v) is 3.16. The number of nitrogens with one attached hydrogen (secondary N) is 1. The molecule has 0 fully saturated rings. The standard InChI is InChI=1S/C14H12Cl2N2O4S/c15-9-1-3-10(4-2-9)18-23(20,21)11-5-6-13(12(16)7-11)22-8-14(17)19/h1-7,18H,8H2,(H2,17,19). The van der Waals surface area contributed by atoms with Crippen LogP contribution in [0.1, 0.15) is 0 Å². The van der Waals surface area contributed by atoms with Crippen LogP contribution >= 0.6 is 23.2 Å². The number of halogens is 2. The van der Waals surface area contributed by atoms with Crippen molar-refractivity contribution in [2.75, 3.05) is 11.3 Å². The van der Waals surface area contributed by atoms with Gasteiger partial charge in [0.15, 0.2) is 6.61 Å². The van der Waals surface area contributed by atoms with Crippen molar-refractivity contribution in [3.05, 3.63) is 52.5 Å². The maximum absolute atomic E-state index is 12.3. The number of anilines is 1. The van der Waals surface area contributed by atoms with Crippen LogP contribution in [0.4, 0.5) is 5.69 Å². The Bertz CT molecular complexity index is 823. The molecule has 0 atom stereocenters. The lowest BCUT2D eigenvalue weighted by Crippen LogP contribution is -2.20. The van der Waals surface area contributed by atoms with Crippen LogP contribution in [-0.2, 0) is 14.8 Å². The molecule has 2 aromatic rings. The quantitative estimate of drug-likeness (QED) is 0.811. The normalized spacial score (nSPS) is 11.0. The number of hydrogen-bond donors (Lipinski definition) is 2. The van der Waals surface area contributed by atoms with Gasteiger partial charge >= 0.3 is 0 Å². The minimum absolute atomic E-state index is 0.0465. The monoisotopic (exact) mass is 374 g/mol. The zero-order chi connectivity index (χ0) is 17.0. The van der Waals surface area contributed by atoms with Crippen LogP contribution in [0.5, 0.6) is 5.75 Å².